The predicted octanol–water partition coefficient (Wildman–Crippen LogP) is 2.87. The maximum atomic E-state index is 14.8. The van der Waals surface area contributed by atoms with Gasteiger partial charge in [-0.2, -0.15) is 0 Å². The number of benzene rings is 2. The molecule has 0 aliphatic carbocycles. The maximum absolute atomic E-state index is 14.8. The van der Waals surface area contributed by atoms with Crippen molar-refractivity contribution in [3.05, 3.63) is 103 Å². The van der Waals surface area contributed by atoms with Crippen LogP contribution in [0.25, 0.3) is 0 Å². The minimum atomic E-state index is -0.778. The molecule has 4 rings (SSSR count). The fourth-order valence-electron chi connectivity index (χ4n) is 3.40. The summed E-state index contributed by atoms with van der Waals surface area (Å²) < 4.78 is 26.9. The Morgan fingerprint density at radius 1 is 1.08 bits per heavy atom. The van der Waals surface area contributed by atoms with Crippen LogP contribution in [-0.4, -0.2) is 37.4 Å². The molecule has 0 fully saturated rings. The maximum Gasteiger partial charge on any atom is 0.335 e. The molecule has 0 aliphatic rings. The number of aryl methyl sites for hydroxylation is 1. The molecule has 196 valence electrons. The Morgan fingerprint density at radius 3 is 2.50 bits per heavy atom. The fourth-order valence-corrected chi connectivity index (χ4v) is 3.50. The highest BCUT2D eigenvalue weighted by atomic mass is 35.5. The standard InChI is InChI=1S/C25H22ClFN6O5/c1-15-3-5-16(6-4-15)14-33-23(29-24(35)32(25(33)36)12-11-22(34)37-2)28-17-7-8-19(18(27)13-17)38-21-10-9-20(26)30-31-21/h3-10,13H,11-12,14H2,1-2H3,(H,28,29,35). The number of nitrogens with one attached hydrogen (secondary N) is 1. The van der Waals surface area contributed by atoms with Crippen LogP contribution >= 0.6 is 11.6 Å². The Morgan fingerprint density at radius 2 is 1.84 bits per heavy atom. The van der Waals surface area contributed by atoms with Gasteiger partial charge in [-0.1, -0.05) is 41.4 Å². The van der Waals surface area contributed by atoms with E-state index in [1.165, 1.54) is 35.9 Å². The van der Waals surface area contributed by atoms with Crippen LogP contribution in [0.2, 0.25) is 5.15 Å². The number of methoxy groups -OCH3 is 1. The van der Waals surface area contributed by atoms with E-state index in [0.29, 0.717) is 0 Å². The Kier molecular flexibility index (Phi) is 8.12. The summed E-state index contributed by atoms with van der Waals surface area (Å²) in [6.07, 6.45) is -0.175. The first-order chi connectivity index (χ1) is 18.2. The highest BCUT2D eigenvalue weighted by Gasteiger charge is 2.13. The molecule has 38 heavy (non-hydrogen) atoms. The number of nitrogens with zero attached hydrogens (tertiary/aromatic N) is 5. The molecule has 0 unspecified atom stereocenters. The SMILES string of the molecule is COC(=O)CCn1c(=O)[nH]/c(=N\c2ccc(Oc3ccc(Cl)nn3)c(F)c2)n(Cc2ccc(C)cc2)c1=O. The molecule has 0 atom stereocenters. The van der Waals surface area contributed by atoms with Crippen LogP contribution in [0.3, 0.4) is 0 Å². The molecule has 0 bridgehead atoms. The van der Waals surface area contributed by atoms with Crippen molar-refractivity contribution in [3.8, 4) is 11.6 Å². The topological polar surface area (TPSA) is 133 Å². The number of aromatic amines is 1. The van der Waals surface area contributed by atoms with Crippen LogP contribution in [0.1, 0.15) is 17.5 Å². The molecule has 4 aromatic rings. The molecular weight excluding hydrogens is 519 g/mol. The van der Waals surface area contributed by atoms with Crippen molar-refractivity contribution in [2.45, 2.75) is 26.4 Å². The lowest BCUT2D eigenvalue weighted by Gasteiger charge is -2.11. The van der Waals surface area contributed by atoms with Crippen molar-refractivity contribution < 1.29 is 18.7 Å². The van der Waals surface area contributed by atoms with Gasteiger partial charge in [-0.3, -0.25) is 14.3 Å². The monoisotopic (exact) mass is 540 g/mol. The normalized spacial score (nSPS) is 11.4. The zero-order chi connectivity index (χ0) is 27.2. The van der Waals surface area contributed by atoms with Gasteiger partial charge in [0.15, 0.2) is 16.7 Å². The van der Waals surface area contributed by atoms with E-state index in [9.17, 15) is 18.8 Å². The Balaban J connectivity index is 1.74. The van der Waals surface area contributed by atoms with Crippen molar-refractivity contribution in [1.82, 2.24) is 24.3 Å². The van der Waals surface area contributed by atoms with E-state index in [2.05, 4.69) is 24.9 Å². The third kappa shape index (κ3) is 6.40. The Labute approximate surface area is 219 Å². The lowest BCUT2D eigenvalue weighted by atomic mass is 10.1. The summed E-state index contributed by atoms with van der Waals surface area (Å²) in [4.78, 5) is 44.5. The number of ether oxygens (including phenoxy) is 2. The average Bonchev–Trinajstić information content (AvgIpc) is 2.90. The number of halogens is 2. The number of H-pyrrole nitrogens is 1. The highest BCUT2D eigenvalue weighted by molar-refractivity contribution is 6.29. The van der Waals surface area contributed by atoms with Gasteiger partial charge in [0, 0.05) is 18.7 Å². The van der Waals surface area contributed by atoms with Crippen molar-refractivity contribution in [1.29, 1.82) is 0 Å². The Hall–Kier alpha value is -4.58. The van der Waals surface area contributed by atoms with Gasteiger partial charge >= 0.3 is 17.3 Å². The van der Waals surface area contributed by atoms with Gasteiger partial charge in [0.05, 0.1) is 25.8 Å². The van der Waals surface area contributed by atoms with Crippen LogP contribution in [0.15, 0.2) is 69.2 Å². The van der Waals surface area contributed by atoms with Gasteiger partial charge in [-0.15, -0.1) is 10.2 Å². The van der Waals surface area contributed by atoms with E-state index >= 15 is 0 Å². The number of carbonyl (C=O) groups excluding carboxylic acids is 1. The first-order valence-corrected chi connectivity index (χ1v) is 11.7. The van der Waals surface area contributed by atoms with E-state index in [1.807, 2.05) is 31.2 Å². The van der Waals surface area contributed by atoms with Crippen molar-refractivity contribution in [2.24, 2.45) is 4.99 Å². The van der Waals surface area contributed by atoms with Crippen molar-refractivity contribution in [3.63, 3.8) is 0 Å². The molecule has 1 N–H and O–H groups in total. The van der Waals surface area contributed by atoms with E-state index in [0.717, 1.165) is 21.8 Å². The minimum absolute atomic E-state index is 0.0359. The van der Waals surface area contributed by atoms with E-state index < -0.39 is 23.2 Å². The second-order valence-corrected chi connectivity index (χ2v) is 8.50. The number of rotatable bonds is 8. The summed E-state index contributed by atoms with van der Waals surface area (Å²) in [5.41, 5.74) is 0.324. The summed E-state index contributed by atoms with van der Waals surface area (Å²) >= 11 is 5.70. The number of hydrogen-bond acceptors (Lipinski definition) is 8. The molecule has 2 aromatic carbocycles. The molecule has 11 nitrogen and oxygen atoms in total. The van der Waals surface area contributed by atoms with Gasteiger partial charge in [0.25, 0.3) is 0 Å². The highest BCUT2D eigenvalue weighted by Crippen LogP contribution is 2.26. The summed E-state index contributed by atoms with van der Waals surface area (Å²) in [6, 6.07) is 14.2. The molecule has 0 saturated carbocycles. The van der Waals surface area contributed by atoms with Crippen LogP contribution in [0, 0.1) is 12.7 Å². The van der Waals surface area contributed by atoms with Crippen LogP contribution in [0.4, 0.5) is 10.1 Å². The molecule has 2 heterocycles. The van der Waals surface area contributed by atoms with Crippen LogP contribution in [-0.2, 0) is 22.6 Å². The number of carbonyl (C=O) groups is 1. The summed E-state index contributed by atoms with van der Waals surface area (Å²) in [7, 11) is 1.22. The quantitative estimate of drug-likeness (QED) is 0.340. The third-order valence-corrected chi connectivity index (χ3v) is 5.58. The number of aromatic nitrogens is 5. The lowest BCUT2D eigenvalue weighted by Crippen LogP contribution is -2.50. The van der Waals surface area contributed by atoms with E-state index in [4.69, 9.17) is 16.3 Å². The number of hydrogen-bond donors (Lipinski definition) is 1. The van der Waals surface area contributed by atoms with Crippen molar-refractivity contribution in [2.75, 3.05) is 7.11 Å². The molecule has 2 aromatic heterocycles. The lowest BCUT2D eigenvalue weighted by molar-refractivity contribution is -0.140. The van der Waals surface area contributed by atoms with Gasteiger partial charge in [0.1, 0.15) is 0 Å². The van der Waals surface area contributed by atoms with Gasteiger partial charge in [0.2, 0.25) is 11.5 Å². The summed E-state index contributed by atoms with van der Waals surface area (Å²) in [5.74, 6) is -1.44. The van der Waals surface area contributed by atoms with Crippen LogP contribution < -0.4 is 21.7 Å². The molecule has 13 heteroatoms. The fraction of sp³-hybridized carbons (Fsp3) is 0.200. The van der Waals surface area contributed by atoms with E-state index in [1.54, 1.807) is 0 Å². The molecule has 0 spiro atoms. The molecule has 0 radical (unpaired) electrons. The first kappa shape index (κ1) is 26.5. The Bertz CT molecular complexity index is 1650. The zero-order valence-corrected chi connectivity index (χ0v) is 21.1. The molecule has 0 aliphatic heterocycles. The van der Waals surface area contributed by atoms with Crippen LogP contribution in [0.5, 0.6) is 11.6 Å². The molecular formula is C25H22ClFN6O5. The second kappa shape index (κ2) is 11.6. The third-order valence-electron chi connectivity index (χ3n) is 5.38. The number of esters is 1. The predicted molar refractivity (Wildman–Crippen MR) is 135 cm³/mol. The second-order valence-electron chi connectivity index (χ2n) is 8.11. The summed E-state index contributed by atoms with van der Waals surface area (Å²) in [6.45, 7) is 1.80. The van der Waals surface area contributed by atoms with Gasteiger partial charge in [-0.25, -0.2) is 23.5 Å². The summed E-state index contributed by atoms with van der Waals surface area (Å²) in [5, 5.41) is 7.51. The largest absolute Gasteiger partial charge is 0.469 e. The zero-order valence-electron chi connectivity index (χ0n) is 20.4. The van der Waals surface area contributed by atoms with Crippen molar-refractivity contribution >= 4 is 23.3 Å². The van der Waals surface area contributed by atoms with Gasteiger partial charge in [-0.05, 0) is 30.7 Å². The molecule has 0 saturated heterocycles. The minimum Gasteiger partial charge on any atom is -0.469 e. The first-order valence-electron chi connectivity index (χ1n) is 11.3. The van der Waals surface area contributed by atoms with Gasteiger partial charge < -0.3 is 9.47 Å². The molecule has 0 amide bonds. The smallest absolute Gasteiger partial charge is 0.335 e. The van der Waals surface area contributed by atoms with E-state index in [-0.39, 0.29) is 47.6 Å². The average molecular weight is 541 g/mol.